The first-order valence-corrected chi connectivity index (χ1v) is 9.94. The van der Waals surface area contributed by atoms with E-state index in [1.54, 1.807) is 0 Å². The molecule has 0 aromatic heterocycles. The molecule has 1 saturated heterocycles. The van der Waals surface area contributed by atoms with Crippen molar-refractivity contribution >= 4 is 5.91 Å². The fraction of sp³-hybridized carbons (Fsp3) is 0.667. The normalized spacial score (nSPS) is 19.8. The molecule has 1 atom stereocenters. The zero-order valence-electron chi connectivity index (χ0n) is 16.3. The van der Waals surface area contributed by atoms with Gasteiger partial charge in [-0.25, -0.2) is 0 Å². The van der Waals surface area contributed by atoms with Gasteiger partial charge in [0.25, 0.3) is 0 Å². The molecule has 0 aliphatic carbocycles. The first-order valence-electron chi connectivity index (χ1n) is 9.94. The Labute approximate surface area is 157 Å². The smallest absolute Gasteiger partial charge is 0.234 e. The molecule has 0 bridgehead atoms. The third-order valence-corrected chi connectivity index (χ3v) is 5.36. The number of amides is 1. The number of benzene rings is 1. The Morgan fingerprint density at radius 1 is 1.19 bits per heavy atom. The van der Waals surface area contributed by atoms with E-state index in [1.165, 1.54) is 12.8 Å². The predicted octanol–water partition coefficient (Wildman–Crippen LogP) is 3.39. The number of nitrogens with zero attached hydrogens (tertiary/aromatic N) is 1. The molecule has 144 valence electrons. The van der Waals surface area contributed by atoms with Gasteiger partial charge in [0.05, 0.1) is 25.8 Å². The second kappa shape index (κ2) is 8.76. The summed E-state index contributed by atoms with van der Waals surface area (Å²) in [4.78, 5) is 14.9. The Hall–Kier alpha value is -1.75. The maximum Gasteiger partial charge on any atom is 0.234 e. The second-order valence-corrected chi connectivity index (χ2v) is 8.00. The average molecular weight is 360 g/mol. The molecule has 1 fully saturated rings. The summed E-state index contributed by atoms with van der Waals surface area (Å²) < 4.78 is 11.5. The van der Waals surface area contributed by atoms with Crippen molar-refractivity contribution in [2.24, 2.45) is 11.8 Å². The Kier molecular flexibility index (Phi) is 6.41. The van der Waals surface area contributed by atoms with Gasteiger partial charge in [-0.3, -0.25) is 9.69 Å². The molecule has 2 heterocycles. The van der Waals surface area contributed by atoms with Crippen LogP contribution in [0.4, 0.5) is 0 Å². The topological polar surface area (TPSA) is 50.8 Å². The summed E-state index contributed by atoms with van der Waals surface area (Å²) in [5.74, 6) is 2.75. The summed E-state index contributed by atoms with van der Waals surface area (Å²) in [6, 6.07) is 6.00. The van der Waals surface area contributed by atoms with Crippen molar-refractivity contribution in [2.45, 2.75) is 46.1 Å². The van der Waals surface area contributed by atoms with E-state index in [4.69, 9.17) is 9.47 Å². The minimum atomic E-state index is -0.0247. The number of carbonyl (C=O) groups is 1. The lowest BCUT2D eigenvalue weighted by Gasteiger charge is -2.31. The summed E-state index contributed by atoms with van der Waals surface area (Å²) in [5, 5.41) is 3.24. The van der Waals surface area contributed by atoms with Crippen LogP contribution in [0.3, 0.4) is 0 Å². The SMILES string of the molecule is CC1CCN(CC(=O)NC(c2ccc3c(c2)OCCCO3)C(C)C)CC1. The number of nitrogens with one attached hydrogen (secondary N) is 1. The molecule has 0 spiro atoms. The number of ether oxygens (including phenoxy) is 2. The molecule has 2 aliphatic rings. The average Bonchev–Trinajstić information content (AvgIpc) is 2.86. The molecule has 0 saturated carbocycles. The highest BCUT2D eigenvalue weighted by Crippen LogP contribution is 2.34. The van der Waals surface area contributed by atoms with Gasteiger partial charge in [-0.1, -0.05) is 26.8 Å². The van der Waals surface area contributed by atoms with Crippen LogP contribution in [0.5, 0.6) is 11.5 Å². The largest absolute Gasteiger partial charge is 0.490 e. The Bertz CT molecular complexity index is 609. The van der Waals surface area contributed by atoms with Crippen LogP contribution in [0.2, 0.25) is 0 Å². The van der Waals surface area contributed by atoms with Gasteiger partial charge in [0.1, 0.15) is 0 Å². The van der Waals surface area contributed by atoms with Gasteiger partial charge < -0.3 is 14.8 Å². The summed E-state index contributed by atoms with van der Waals surface area (Å²) in [7, 11) is 0. The Morgan fingerprint density at radius 3 is 2.58 bits per heavy atom. The van der Waals surface area contributed by atoms with E-state index in [0.29, 0.717) is 25.7 Å². The van der Waals surface area contributed by atoms with Crippen LogP contribution in [0.1, 0.15) is 51.6 Å². The Balaban J connectivity index is 1.65. The molecule has 5 nitrogen and oxygen atoms in total. The van der Waals surface area contributed by atoms with Crippen LogP contribution in [0.15, 0.2) is 18.2 Å². The summed E-state index contributed by atoms with van der Waals surface area (Å²) in [6.45, 7) is 10.4. The zero-order chi connectivity index (χ0) is 18.5. The van der Waals surface area contributed by atoms with Crippen LogP contribution in [0, 0.1) is 11.8 Å². The van der Waals surface area contributed by atoms with Gasteiger partial charge in [0.2, 0.25) is 5.91 Å². The van der Waals surface area contributed by atoms with E-state index in [1.807, 2.05) is 18.2 Å². The second-order valence-electron chi connectivity index (χ2n) is 8.00. The van der Waals surface area contributed by atoms with Crippen LogP contribution < -0.4 is 14.8 Å². The summed E-state index contributed by atoms with van der Waals surface area (Å²) in [6.07, 6.45) is 3.26. The van der Waals surface area contributed by atoms with Gasteiger partial charge in [-0.2, -0.15) is 0 Å². The lowest BCUT2D eigenvalue weighted by Crippen LogP contribution is -2.43. The molecule has 5 heteroatoms. The third kappa shape index (κ3) is 4.91. The van der Waals surface area contributed by atoms with Gasteiger partial charge in [-0.15, -0.1) is 0 Å². The van der Waals surface area contributed by atoms with E-state index in [-0.39, 0.29) is 11.9 Å². The van der Waals surface area contributed by atoms with E-state index in [0.717, 1.165) is 42.5 Å². The lowest BCUT2D eigenvalue weighted by atomic mass is 9.95. The highest BCUT2D eigenvalue weighted by Gasteiger charge is 2.23. The minimum absolute atomic E-state index is 0.0247. The fourth-order valence-electron chi connectivity index (χ4n) is 3.65. The maximum absolute atomic E-state index is 12.6. The summed E-state index contributed by atoms with van der Waals surface area (Å²) >= 11 is 0. The number of carbonyl (C=O) groups excluding carboxylic acids is 1. The molecule has 1 aromatic rings. The highest BCUT2D eigenvalue weighted by atomic mass is 16.5. The van der Waals surface area contributed by atoms with E-state index < -0.39 is 0 Å². The number of likely N-dealkylation sites (tertiary alicyclic amines) is 1. The van der Waals surface area contributed by atoms with Crippen molar-refractivity contribution in [1.29, 1.82) is 0 Å². The maximum atomic E-state index is 12.6. The third-order valence-electron chi connectivity index (χ3n) is 5.36. The monoisotopic (exact) mass is 360 g/mol. The van der Waals surface area contributed by atoms with Crippen LogP contribution in [-0.2, 0) is 4.79 Å². The first-order chi connectivity index (χ1) is 12.5. The number of rotatable bonds is 5. The summed E-state index contributed by atoms with van der Waals surface area (Å²) in [5.41, 5.74) is 1.07. The molecule has 1 N–H and O–H groups in total. The number of fused-ring (bicyclic) bond motifs is 1. The zero-order valence-corrected chi connectivity index (χ0v) is 16.3. The van der Waals surface area contributed by atoms with E-state index in [2.05, 4.69) is 31.0 Å². The molecule has 3 rings (SSSR count). The quantitative estimate of drug-likeness (QED) is 0.874. The van der Waals surface area contributed by atoms with Crippen molar-refractivity contribution in [3.63, 3.8) is 0 Å². The molecule has 1 unspecified atom stereocenters. The molecule has 0 radical (unpaired) electrons. The number of hydrogen-bond acceptors (Lipinski definition) is 4. The van der Waals surface area contributed by atoms with Crippen molar-refractivity contribution in [3.8, 4) is 11.5 Å². The fourth-order valence-corrected chi connectivity index (χ4v) is 3.65. The molecular formula is C21H32N2O3. The van der Waals surface area contributed by atoms with Gasteiger partial charge in [0.15, 0.2) is 11.5 Å². The van der Waals surface area contributed by atoms with Crippen LogP contribution >= 0.6 is 0 Å². The van der Waals surface area contributed by atoms with E-state index >= 15 is 0 Å². The molecule has 26 heavy (non-hydrogen) atoms. The highest BCUT2D eigenvalue weighted by molar-refractivity contribution is 5.78. The van der Waals surface area contributed by atoms with Crippen molar-refractivity contribution in [1.82, 2.24) is 10.2 Å². The molecule has 1 amide bonds. The standard InChI is InChI=1S/C21H32N2O3/c1-15(2)21(22-20(24)14-23-9-7-16(3)8-10-23)17-5-6-18-19(13-17)26-12-4-11-25-18/h5-6,13,15-16,21H,4,7-12,14H2,1-3H3,(H,22,24). The predicted molar refractivity (Wildman–Crippen MR) is 103 cm³/mol. The number of hydrogen-bond donors (Lipinski definition) is 1. The minimum Gasteiger partial charge on any atom is -0.490 e. The van der Waals surface area contributed by atoms with E-state index in [9.17, 15) is 4.79 Å². The van der Waals surface area contributed by atoms with Crippen LogP contribution in [0.25, 0.3) is 0 Å². The van der Waals surface area contributed by atoms with Crippen molar-refractivity contribution < 1.29 is 14.3 Å². The molecular weight excluding hydrogens is 328 g/mol. The molecule has 2 aliphatic heterocycles. The Morgan fingerprint density at radius 2 is 1.88 bits per heavy atom. The molecule has 1 aromatic carbocycles. The number of piperidine rings is 1. The van der Waals surface area contributed by atoms with Gasteiger partial charge >= 0.3 is 0 Å². The van der Waals surface area contributed by atoms with Crippen LogP contribution in [-0.4, -0.2) is 43.7 Å². The van der Waals surface area contributed by atoms with Gasteiger partial charge in [-0.05, 0) is 55.5 Å². The van der Waals surface area contributed by atoms with Gasteiger partial charge in [0, 0.05) is 6.42 Å². The first kappa shape index (κ1) is 19.0. The van der Waals surface area contributed by atoms with Crippen molar-refractivity contribution in [3.05, 3.63) is 23.8 Å². The lowest BCUT2D eigenvalue weighted by molar-refractivity contribution is -0.123. The van der Waals surface area contributed by atoms with Crippen molar-refractivity contribution in [2.75, 3.05) is 32.8 Å².